The highest BCUT2D eigenvalue weighted by Gasteiger charge is 2.34. The first-order valence-electron chi connectivity index (χ1n) is 8.01. The summed E-state index contributed by atoms with van der Waals surface area (Å²) in [6.07, 6.45) is -1.24. The molecule has 0 aliphatic heterocycles. The van der Waals surface area contributed by atoms with Crippen molar-refractivity contribution in [3.8, 4) is 5.75 Å². The third-order valence-electron chi connectivity index (χ3n) is 3.70. The van der Waals surface area contributed by atoms with Gasteiger partial charge in [0.1, 0.15) is 11.6 Å². The lowest BCUT2D eigenvalue weighted by atomic mass is 9.95. The van der Waals surface area contributed by atoms with E-state index in [0.29, 0.717) is 5.02 Å². The molecule has 136 valence electrons. The second kappa shape index (κ2) is 7.18. The predicted molar refractivity (Wildman–Crippen MR) is 95.5 cm³/mol. The maximum atomic E-state index is 14.9. The van der Waals surface area contributed by atoms with Crippen LogP contribution < -0.4 is 0 Å². The zero-order valence-corrected chi connectivity index (χ0v) is 15.7. The van der Waals surface area contributed by atoms with E-state index in [1.165, 1.54) is 19.1 Å². The maximum Gasteiger partial charge on any atom is 0.340 e. The Morgan fingerprint density at radius 3 is 2.52 bits per heavy atom. The van der Waals surface area contributed by atoms with Gasteiger partial charge in [-0.3, -0.25) is 0 Å². The third kappa shape index (κ3) is 4.05. The number of carbonyl (C=O) groups excluding carboxylic acids is 1. The van der Waals surface area contributed by atoms with Gasteiger partial charge in [0.15, 0.2) is 6.10 Å². The lowest BCUT2D eigenvalue weighted by Crippen LogP contribution is -2.29. The van der Waals surface area contributed by atoms with E-state index < -0.39 is 23.5 Å². The Bertz CT molecular complexity index is 811. The molecule has 0 saturated carbocycles. The highest BCUT2D eigenvalue weighted by Crippen LogP contribution is 2.41. The van der Waals surface area contributed by atoms with Gasteiger partial charge in [0.2, 0.25) is 0 Å². The molecule has 1 unspecified atom stereocenters. The standard InChI is InChI=1S/C19H22ClFO4/c1-6-24-18(23)17(25-19(3,4)5)14-10(2)15(21)13-9-11(20)7-8-12(13)16(14)22/h7-9,17,22H,6H2,1-5H3. The van der Waals surface area contributed by atoms with Gasteiger partial charge in [-0.05, 0) is 58.4 Å². The molecule has 0 spiro atoms. The molecule has 0 saturated heterocycles. The molecule has 1 atom stereocenters. The molecular formula is C19H22ClFO4. The number of fused-ring (bicyclic) bond motifs is 1. The molecule has 0 aliphatic carbocycles. The van der Waals surface area contributed by atoms with Gasteiger partial charge >= 0.3 is 5.97 Å². The molecule has 25 heavy (non-hydrogen) atoms. The number of benzene rings is 2. The molecule has 2 aromatic rings. The van der Waals surface area contributed by atoms with Crippen LogP contribution in [0.1, 0.15) is 44.9 Å². The van der Waals surface area contributed by atoms with E-state index in [4.69, 9.17) is 21.1 Å². The molecule has 0 radical (unpaired) electrons. The number of carbonyl (C=O) groups is 1. The topological polar surface area (TPSA) is 55.8 Å². The van der Waals surface area contributed by atoms with Crippen molar-refractivity contribution in [1.82, 2.24) is 0 Å². The van der Waals surface area contributed by atoms with Crippen molar-refractivity contribution in [1.29, 1.82) is 0 Å². The van der Waals surface area contributed by atoms with Gasteiger partial charge in [-0.1, -0.05) is 11.6 Å². The zero-order chi connectivity index (χ0) is 18.9. The second-order valence-electron chi connectivity index (χ2n) is 6.75. The average Bonchev–Trinajstić information content (AvgIpc) is 2.51. The van der Waals surface area contributed by atoms with Gasteiger partial charge in [-0.15, -0.1) is 0 Å². The van der Waals surface area contributed by atoms with Crippen LogP contribution in [0.4, 0.5) is 4.39 Å². The molecule has 0 bridgehead atoms. The molecule has 0 aromatic heterocycles. The molecule has 2 aromatic carbocycles. The minimum absolute atomic E-state index is 0.0701. The fourth-order valence-electron chi connectivity index (χ4n) is 2.66. The van der Waals surface area contributed by atoms with Crippen molar-refractivity contribution in [3.05, 3.63) is 40.2 Å². The summed E-state index contributed by atoms with van der Waals surface area (Å²) in [4.78, 5) is 12.4. The number of aromatic hydroxyl groups is 1. The lowest BCUT2D eigenvalue weighted by Gasteiger charge is -2.28. The third-order valence-corrected chi connectivity index (χ3v) is 3.93. The highest BCUT2D eigenvalue weighted by atomic mass is 35.5. The minimum atomic E-state index is -1.24. The number of hydrogen-bond acceptors (Lipinski definition) is 4. The van der Waals surface area contributed by atoms with Crippen LogP contribution in [0.2, 0.25) is 5.02 Å². The van der Waals surface area contributed by atoms with Crippen molar-refractivity contribution < 1.29 is 23.8 Å². The monoisotopic (exact) mass is 368 g/mol. The first-order chi connectivity index (χ1) is 11.6. The van der Waals surface area contributed by atoms with E-state index in [1.807, 2.05) is 0 Å². The quantitative estimate of drug-likeness (QED) is 0.766. The molecular weight excluding hydrogens is 347 g/mol. The first kappa shape index (κ1) is 19.5. The summed E-state index contributed by atoms with van der Waals surface area (Å²) in [6, 6.07) is 4.50. The summed E-state index contributed by atoms with van der Waals surface area (Å²) < 4.78 is 25.8. The van der Waals surface area contributed by atoms with E-state index >= 15 is 0 Å². The second-order valence-corrected chi connectivity index (χ2v) is 7.19. The first-order valence-corrected chi connectivity index (χ1v) is 8.39. The zero-order valence-electron chi connectivity index (χ0n) is 14.9. The number of phenols is 1. The van der Waals surface area contributed by atoms with E-state index in [1.54, 1.807) is 33.8 Å². The fourth-order valence-corrected chi connectivity index (χ4v) is 2.84. The van der Waals surface area contributed by atoms with Gasteiger partial charge < -0.3 is 14.6 Å². The average molecular weight is 369 g/mol. The number of phenolic OH excluding ortho intramolecular Hbond substituents is 1. The van der Waals surface area contributed by atoms with Crippen LogP contribution >= 0.6 is 11.6 Å². The van der Waals surface area contributed by atoms with Crippen molar-refractivity contribution in [3.63, 3.8) is 0 Å². The lowest BCUT2D eigenvalue weighted by molar-refractivity contribution is -0.167. The van der Waals surface area contributed by atoms with Crippen LogP contribution in [0.5, 0.6) is 5.75 Å². The molecule has 0 aliphatic rings. The summed E-state index contributed by atoms with van der Waals surface area (Å²) in [5, 5.41) is 11.5. The number of halogens is 2. The van der Waals surface area contributed by atoms with E-state index in [2.05, 4.69) is 0 Å². The van der Waals surface area contributed by atoms with Crippen LogP contribution in [-0.4, -0.2) is 23.3 Å². The fraction of sp³-hybridized carbons (Fsp3) is 0.421. The normalized spacial score (nSPS) is 13.1. The summed E-state index contributed by atoms with van der Waals surface area (Å²) >= 11 is 5.93. The van der Waals surface area contributed by atoms with Crippen molar-refractivity contribution in [2.45, 2.75) is 46.3 Å². The molecule has 2 rings (SSSR count). The number of ether oxygens (including phenoxy) is 2. The van der Waals surface area contributed by atoms with Gasteiger partial charge in [-0.2, -0.15) is 0 Å². The molecule has 4 nitrogen and oxygen atoms in total. The summed E-state index contributed by atoms with van der Waals surface area (Å²) in [5.74, 6) is -1.45. The Balaban J connectivity index is 2.74. The van der Waals surface area contributed by atoms with Crippen LogP contribution in [0.15, 0.2) is 18.2 Å². The Labute approximate surface area is 151 Å². The minimum Gasteiger partial charge on any atom is -0.507 e. The van der Waals surface area contributed by atoms with Gasteiger partial charge in [0, 0.05) is 21.4 Å². The Kier molecular flexibility index (Phi) is 5.59. The summed E-state index contributed by atoms with van der Waals surface area (Å²) in [7, 11) is 0. The summed E-state index contributed by atoms with van der Waals surface area (Å²) in [5.41, 5.74) is -0.517. The highest BCUT2D eigenvalue weighted by molar-refractivity contribution is 6.31. The largest absolute Gasteiger partial charge is 0.507 e. The molecule has 0 fully saturated rings. The van der Waals surface area contributed by atoms with Crippen LogP contribution in [0.25, 0.3) is 10.8 Å². The van der Waals surface area contributed by atoms with Crippen LogP contribution in [0, 0.1) is 12.7 Å². The van der Waals surface area contributed by atoms with E-state index in [9.17, 15) is 14.3 Å². The molecule has 6 heteroatoms. The van der Waals surface area contributed by atoms with Gasteiger partial charge in [-0.25, -0.2) is 9.18 Å². The number of hydrogen-bond donors (Lipinski definition) is 1. The van der Waals surface area contributed by atoms with E-state index in [-0.39, 0.29) is 34.3 Å². The number of esters is 1. The Hall–Kier alpha value is -1.85. The Morgan fingerprint density at radius 1 is 1.32 bits per heavy atom. The molecule has 1 N–H and O–H groups in total. The Morgan fingerprint density at radius 2 is 1.96 bits per heavy atom. The van der Waals surface area contributed by atoms with Crippen LogP contribution in [0.3, 0.4) is 0 Å². The van der Waals surface area contributed by atoms with Gasteiger partial charge in [0.25, 0.3) is 0 Å². The molecule has 0 heterocycles. The molecule has 0 amide bonds. The predicted octanol–water partition coefficient (Wildman–Crippen LogP) is 5.07. The maximum absolute atomic E-state index is 14.9. The smallest absolute Gasteiger partial charge is 0.340 e. The van der Waals surface area contributed by atoms with Crippen molar-refractivity contribution in [2.24, 2.45) is 0 Å². The SMILES string of the molecule is CCOC(=O)C(OC(C)(C)C)c1c(C)c(F)c2cc(Cl)ccc2c1O. The van der Waals surface area contributed by atoms with Crippen molar-refractivity contribution >= 4 is 28.3 Å². The van der Waals surface area contributed by atoms with Crippen LogP contribution in [-0.2, 0) is 14.3 Å². The van der Waals surface area contributed by atoms with Gasteiger partial charge in [0.05, 0.1) is 12.2 Å². The van der Waals surface area contributed by atoms with E-state index in [0.717, 1.165) is 0 Å². The van der Waals surface area contributed by atoms with Crippen molar-refractivity contribution in [2.75, 3.05) is 6.61 Å². The summed E-state index contributed by atoms with van der Waals surface area (Å²) in [6.45, 7) is 8.60. The number of rotatable bonds is 4.